The van der Waals surface area contributed by atoms with E-state index in [-0.39, 0.29) is 0 Å². The third-order valence-corrected chi connectivity index (χ3v) is 3.51. The Morgan fingerprint density at radius 1 is 1.47 bits per heavy atom. The summed E-state index contributed by atoms with van der Waals surface area (Å²) in [7, 11) is 0. The largest absolute Gasteiger partial charge is 0.478 e. The molecule has 2 aromatic rings. The zero-order chi connectivity index (χ0) is 12.6. The van der Waals surface area contributed by atoms with Crippen molar-refractivity contribution in [1.82, 2.24) is 4.98 Å². The molecule has 1 N–H and O–H groups in total. The maximum Gasteiger partial charge on any atom is 0.336 e. The zero-order valence-electron chi connectivity index (χ0n) is 9.62. The number of aryl methyl sites for hydroxylation is 1. The first-order valence-corrected chi connectivity index (χ1v) is 6.16. The minimum atomic E-state index is -0.906. The summed E-state index contributed by atoms with van der Waals surface area (Å²) in [5.74, 6) is -0.906. The van der Waals surface area contributed by atoms with Crippen molar-refractivity contribution < 1.29 is 9.90 Å². The van der Waals surface area contributed by atoms with Crippen LogP contribution in [0.25, 0.3) is 10.9 Å². The number of benzene rings is 1. The zero-order valence-corrected chi connectivity index (χ0v) is 11.2. The summed E-state index contributed by atoms with van der Waals surface area (Å²) in [6.45, 7) is 3.79. The molecule has 88 valence electrons. The Hall–Kier alpha value is -1.42. The molecule has 1 aromatic carbocycles. The first kappa shape index (κ1) is 12.0. The van der Waals surface area contributed by atoms with Crippen LogP contribution in [0.3, 0.4) is 0 Å². The molecule has 1 aromatic heterocycles. The van der Waals surface area contributed by atoms with Gasteiger partial charge in [-0.15, -0.1) is 0 Å². The summed E-state index contributed by atoms with van der Waals surface area (Å²) >= 11 is 3.39. The summed E-state index contributed by atoms with van der Waals surface area (Å²) in [5.41, 5.74) is 2.66. The summed E-state index contributed by atoms with van der Waals surface area (Å²) in [6, 6.07) is 5.53. The van der Waals surface area contributed by atoms with Crippen molar-refractivity contribution in [3.63, 3.8) is 0 Å². The molecule has 3 nitrogen and oxygen atoms in total. The van der Waals surface area contributed by atoms with Gasteiger partial charge in [-0.25, -0.2) is 4.79 Å². The number of fused-ring (bicyclic) bond motifs is 1. The third-order valence-electron chi connectivity index (χ3n) is 2.85. The molecule has 0 fully saturated rings. The lowest BCUT2D eigenvalue weighted by Gasteiger charge is -2.11. The second kappa shape index (κ2) is 4.45. The molecule has 0 saturated carbocycles. The number of hydrogen-bond donors (Lipinski definition) is 1. The molecule has 0 amide bonds. The highest BCUT2D eigenvalue weighted by atomic mass is 79.9. The van der Waals surface area contributed by atoms with Crippen molar-refractivity contribution in [2.75, 3.05) is 0 Å². The van der Waals surface area contributed by atoms with Gasteiger partial charge in [0.1, 0.15) is 0 Å². The van der Waals surface area contributed by atoms with Crippen LogP contribution in [0.15, 0.2) is 22.7 Å². The van der Waals surface area contributed by atoms with Crippen molar-refractivity contribution in [3.8, 4) is 0 Å². The van der Waals surface area contributed by atoms with Crippen LogP contribution < -0.4 is 0 Å². The van der Waals surface area contributed by atoms with E-state index >= 15 is 0 Å². The van der Waals surface area contributed by atoms with E-state index < -0.39 is 5.97 Å². The average molecular weight is 294 g/mol. The van der Waals surface area contributed by atoms with Gasteiger partial charge in [-0.2, -0.15) is 0 Å². The molecule has 0 unspecified atom stereocenters. The number of hydrogen-bond acceptors (Lipinski definition) is 2. The van der Waals surface area contributed by atoms with Crippen molar-refractivity contribution in [3.05, 3.63) is 39.5 Å². The van der Waals surface area contributed by atoms with Crippen LogP contribution in [-0.4, -0.2) is 16.1 Å². The van der Waals surface area contributed by atoms with Gasteiger partial charge in [0.25, 0.3) is 0 Å². The Morgan fingerprint density at radius 3 is 2.76 bits per heavy atom. The molecule has 0 aliphatic carbocycles. The van der Waals surface area contributed by atoms with E-state index in [1.165, 1.54) is 0 Å². The van der Waals surface area contributed by atoms with Crippen LogP contribution >= 0.6 is 15.9 Å². The SMILES string of the molecule is CCc1nc2cccc(Br)c2c(C(=O)O)c1C. The van der Waals surface area contributed by atoms with Crippen molar-refractivity contribution in [2.24, 2.45) is 0 Å². The minimum Gasteiger partial charge on any atom is -0.478 e. The molecule has 0 aliphatic rings. The number of rotatable bonds is 2. The summed E-state index contributed by atoms with van der Waals surface area (Å²) in [5, 5.41) is 10.0. The van der Waals surface area contributed by atoms with Crippen LogP contribution in [0, 0.1) is 6.92 Å². The van der Waals surface area contributed by atoms with E-state index in [4.69, 9.17) is 0 Å². The smallest absolute Gasteiger partial charge is 0.336 e. The Kier molecular flexibility index (Phi) is 3.15. The number of pyridine rings is 1. The van der Waals surface area contributed by atoms with Gasteiger partial charge >= 0.3 is 5.97 Å². The second-order valence-corrected chi connectivity index (χ2v) is 4.71. The van der Waals surface area contributed by atoms with Gasteiger partial charge in [-0.3, -0.25) is 4.98 Å². The Balaban J connectivity index is 2.98. The Bertz CT molecular complexity index is 608. The Morgan fingerprint density at radius 2 is 2.18 bits per heavy atom. The molecule has 0 radical (unpaired) electrons. The maximum atomic E-state index is 11.4. The van der Waals surface area contributed by atoms with Gasteiger partial charge in [-0.05, 0) is 31.0 Å². The quantitative estimate of drug-likeness (QED) is 0.921. The minimum absolute atomic E-state index is 0.347. The lowest BCUT2D eigenvalue weighted by Crippen LogP contribution is -2.06. The number of nitrogens with zero attached hydrogens (tertiary/aromatic N) is 1. The van der Waals surface area contributed by atoms with E-state index in [0.717, 1.165) is 27.7 Å². The highest BCUT2D eigenvalue weighted by Gasteiger charge is 2.18. The van der Waals surface area contributed by atoms with E-state index in [0.29, 0.717) is 10.9 Å². The fourth-order valence-corrected chi connectivity index (χ4v) is 2.58. The van der Waals surface area contributed by atoms with Crippen molar-refractivity contribution in [1.29, 1.82) is 0 Å². The molecule has 0 bridgehead atoms. The first-order chi connectivity index (χ1) is 8.06. The molecular formula is C13H12BrNO2. The summed E-state index contributed by atoms with van der Waals surface area (Å²) in [6.07, 6.45) is 0.731. The molecule has 0 spiro atoms. The van der Waals surface area contributed by atoms with Crippen LogP contribution in [0.4, 0.5) is 0 Å². The molecule has 0 aliphatic heterocycles. The highest BCUT2D eigenvalue weighted by Crippen LogP contribution is 2.29. The fraction of sp³-hybridized carbons (Fsp3) is 0.231. The Labute approximate surface area is 108 Å². The van der Waals surface area contributed by atoms with Crippen LogP contribution in [-0.2, 0) is 6.42 Å². The molecule has 2 rings (SSSR count). The van der Waals surface area contributed by atoms with Crippen molar-refractivity contribution in [2.45, 2.75) is 20.3 Å². The fourth-order valence-electron chi connectivity index (χ4n) is 2.03. The number of carboxylic acids is 1. The standard InChI is InChI=1S/C13H12BrNO2/c1-3-9-7(2)11(13(16)17)12-8(14)5-4-6-10(12)15-9/h4-6H,3H2,1-2H3,(H,16,17). The number of halogens is 1. The highest BCUT2D eigenvalue weighted by molar-refractivity contribution is 9.10. The molecule has 0 saturated heterocycles. The van der Waals surface area contributed by atoms with E-state index in [9.17, 15) is 9.90 Å². The molecule has 4 heteroatoms. The maximum absolute atomic E-state index is 11.4. The van der Waals surface area contributed by atoms with Crippen LogP contribution in [0.2, 0.25) is 0 Å². The van der Waals surface area contributed by atoms with Gasteiger partial charge in [0.05, 0.1) is 11.1 Å². The number of aromatic carboxylic acids is 1. The van der Waals surface area contributed by atoms with Crippen LogP contribution in [0.1, 0.15) is 28.5 Å². The monoisotopic (exact) mass is 293 g/mol. The average Bonchev–Trinajstić information content (AvgIpc) is 2.29. The van der Waals surface area contributed by atoms with Gasteiger partial charge in [0, 0.05) is 15.6 Å². The topological polar surface area (TPSA) is 50.2 Å². The van der Waals surface area contributed by atoms with E-state index in [1.54, 1.807) is 0 Å². The van der Waals surface area contributed by atoms with Crippen molar-refractivity contribution >= 4 is 32.8 Å². The first-order valence-electron chi connectivity index (χ1n) is 5.37. The van der Waals surface area contributed by atoms with Gasteiger partial charge in [0.15, 0.2) is 0 Å². The normalized spacial score (nSPS) is 10.8. The molecular weight excluding hydrogens is 282 g/mol. The predicted octanol–water partition coefficient (Wildman–Crippen LogP) is 3.57. The third kappa shape index (κ3) is 1.93. The van der Waals surface area contributed by atoms with Gasteiger partial charge in [0.2, 0.25) is 0 Å². The van der Waals surface area contributed by atoms with Gasteiger partial charge in [-0.1, -0.05) is 28.9 Å². The molecule has 0 atom stereocenters. The summed E-state index contributed by atoms with van der Waals surface area (Å²) in [4.78, 5) is 15.9. The lowest BCUT2D eigenvalue weighted by atomic mass is 10.0. The van der Waals surface area contributed by atoms with Gasteiger partial charge < -0.3 is 5.11 Å². The number of aromatic nitrogens is 1. The molecule has 1 heterocycles. The predicted molar refractivity (Wildman–Crippen MR) is 70.5 cm³/mol. The molecule has 17 heavy (non-hydrogen) atoms. The van der Waals surface area contributed by atoms with Crippen LogP contribution in [0.5, 0.6) is 0 Å². The number of carboxylic acid groups (broad SMARTS) is 1. The second-order valence-electron chi connectivity index (χ2n) is 3.85. The summed E-state index contributed by atoms with van der Waals surface area (Å²) < 4.78 is 0.769. The van der Waals surface area contributed by atoms with E-state index in [2.05, 4.69) is 20.9 Å². The lowest BCUT2D eigenvalue weighted by molar-refractivity contribution is 0.0698. The van der Waals surface area contributed by atoms with E-state index in [1.807, 2.05) is 32.0 Å². The number of carbonyl (C=O) groups is 1.